The van der Waals surface area contributed by atoms with Crippen molar-refractivity contribution in [3.8, 4) is 5.75 Å². The van der Waals surface area contributed by atoms with E-state index in [9.17, 15) is 23.1 Å². The number of phenolic OH excluding ortho intramolecular Hbond substituents is 1. The second-order valence-corrected chi connectivity index (χ2v) is 9.47. The lowest BCUT2D eigenvalue weighted by atomic mass is 10.1. The van der Waals surface area contributed by atoms with E-state index in [1.165, 1.54) is 23.1 Å². The van der Waals surface area contributed by atoms with Gasteiger partial charge in [-0.05, 0) is 30.2 Å². The van der Waals surface area contributed by atoms with Crippen molar-refractivity contribution in [2.75, 3.05) is 18.1 Å². The summed E-state index contributed by atoms with van der Waals surface area (Å²) in [5.74, 6) is -1.81. The highest BCUT2D eigenvalue weighted by Crippen LogP contribution is 2.23. The average molecular weight is 438 g/mol. The van der Waals surface area contributed by atoms with Gasteiger partial charge in [-0.3, -0.25) is 4.79 Å². The number of amides is 1. The maximum atomic E-state index is 12.8. The molecular weight excluding hydrogens is 418 g/mol. The number of nitrogens with zero attached hydrogens (tertiary/aromatic N) is 1. The van der Waals surface area contributed by atoms with Crippen LogP contribution >= 0.6 is 11.6 Å². The van der Waals surface area contributed by atoms with Crippen molar-refractivity contribution in [1.82, 2.24) is 4.90 Å². The van der Waals surface area contributed by atoms with Crippen LogP contribution in [0, 0.1) is 0 Å². The molecule has 9 heteroatoms. The number of rotatable bonds is 6. The Hall–Kier alpha value is -2.58. The van der Waals surface area contributed by atoms with Gasteiger partial charge in [0.2, 0.25) is 0 Å². The zero-order valence-electron chi connectivity index (χ0n) is 15.5. The molecule has 0 aromatic heterocycles. The van der Waals surface area contributed by atoms with Crippen LogP contribution in [0.1, 0.15) is 22.3 Å². The molecule has 1 N–H and O–H groups in total. The van der Waals surface area contributed by atoms with Crippen molar-refractivity contribution < 1.29 is 27.9 Å². The molecule has 1 saturated heterocycles. The second kappa shape index (κ2) is 8.84. The Balaban J connectivity index is 1.71. The minimum atomic E-state index is -3.20. The Morgan fingerprint density at radius 2 is 1.90 bits per heavy atom. The second-order valence-electron chi connectivity index (χ2n) is 6.80. The molecule has 0 radical (unpaired) electrons. The average Bonchev–Trinajstić information content (AvgIpc) is 3.04. The number of carbonyl (C=O) groups excluding carboxylic acids is 2. The Labute approximate surface area is 173 Å². The molecular formula is C20H20ClNO6S. The van der Waals surface area contributed by atoms with E-state index in [-0.39, 0.29) is 34.4 Å². The molecule has 0 saturated carbocycles. The van der Waals surface area contributed by atoms with Crippen LogP contribution in [0.5, 0.6) is 5.75 Å². The number of hydrogen-bond donors (Lipinski definition) is 1. The molecule has 1 amide bonds. The minimum Gasteiger partial charge on any atom is -0.507 e. The smallest absolute Gasteiger partial charge is 0.342 e. The number of halogens is 1. The van der Waals surface area contributed by atoms with Crippen molar-refractivity contribution >= 4 is 33.3 Å². The molecule has 1 aliphatic heterocycles. The van der Waals surface area contributed by atoms with Crippen LogP contribution in [-0.2, 0) is 25.9 Å². The van der Waals surface area contributed by atoms with Gasteiger partial charge in [0.1, 0.15) is 11.3 Å². The molecule has 0 bridgehead atoms. The topological polar surface area (TPSA) is 101 Å². The SMILES string of the molecule is O=C(OCC(=O)N(Cc1ccccc1)C1CCS(=O)(=O)C1)c1ccc(Cl)cc1O. The standard InChI is InChI=1S/C20H20ClNO6S/c21-15-6-7-17(18(23)10-15)20(25)28-12-19(24)22(11-14-4-2-1-3-5-14)16-8-9-29(26,27)13-16/h1-7,10,16,23H,8-9,11-13H2. The summed E-state index contributed by atoms with van der Waals surface area (Å²) in [7, 11) is -3.20. The van der Waals surface area contributed by atoms with E-state index in [0.29, 0.717) is 6.42 Å². The Kier molecular flexibility index (Phi) is 6.44. The summed E-state index contributed by atoms with van der Waals surface area (Å²) in [6.45, 7) is -0.353. The fourth-order valence-corrected chi connectivity index (χ4v) is 5.08. The molecule has 1 unspecified atom stereocenters. The van der Waals surface area contributed by atoms with Gasteiger partial charge in [0, 0.05) is 17.6 Å². The Morgan fingerprint density at radius 3 is 2.52 bits per heavy atom. The zero-order valence-corrected chi connectivity index (χ0v) is 17.0. The highest BCUT2D eigenvalue weighted by molar-refractivity contribution is 7.91. The summed E-state index contributed by atoms with van der Waals surface area (Å²) in [4.78, 5) is 26.4. The number of hydrogen-bond acceptors (Lipinski definition) is 6. The van der Waals surface area contributed by atoms with E-state index < -0.39 is 34.4 Å². The molecule has 154 valence electrons. The maximum absolute atomic E-state index is 12.8. The minimum absolute atomic E-state index is 0.0225. The van der Waals surface area contributed by atoms with Gasteiger partial charge in [0.05, 0.1) is 11.5 Å². The largest absolute Gasteiger partial charge is 0.507 e. The van der Waals surface area contributed by atoms with E-state index in [1.807, 2.05) is 30.3 Å². The number of sulfone groups is 1. The molecule has 1 aliphatic rings. The van der Waals surface area contributed by atoms with E-state index in [4.69, 9.17) is 16.3 Å². The molecule has 1 heterocycles. The fraction of sp³-hybridized carbons (Fsp3) is 0.300. The Bertz CT molecular complexity index is 1010. The summed E-state index contributed by atoms with van der Waals surface area (Å²) in [5, 5.41) is 10.1. The van der Waals surface area contributed by atoms with Crippen LogP contribution in [0.15, 0.2) is 48.5 Å². The van der Waals surface area contributed by atoms with Crippen molar-refractivity contribution in [2.24, 2.45) is 0 Å². The number of aromatic hydroxyl groups is 1. The van der Waals surface area contributed by atoms with Gasteiger partial charge in [-0.25, -0.2) is 13.2 Å². The van der Waals surface area contributed by atoms with Crippen LogP contribution in [0.4, 0.5) is 0 Å². The first-order chi connectivity index (χ1) is 13.7. The summed E-state index contributed by atoms with van der Waals surface area (Å²) < 4.78 is 28.8. The van der Waals surface area contributed by atoms with E-state index in [1.54, 1.807) is 0 Å². The van der Waals surface area contributed by atoms with Crippen molar-refractivity contribution in [3.05, 3.63) is 64.7 Å². The van der Waals surface area contributed by atoms with E-state index >= 15 is 0 Å². The van der Waals surface area contributed by atoms with Crippen molar-refractivity contribution in [2.45, 2.75) is 19.0 Å². The monoisotopic (exact) mass is 437 g/mol. The predicted octanol–water partition coefficient (Wildman–Crippen LogP) is 2.42. The van der Waals surface area contributed by atoms with Gasteiger partial charge < -0.3 is 14.7 Å². The van der Waals surface area contributed by atoms with Crippen molar-refractivity contribution in [1.29, 1.82) is 0 Å². The molecule has 29 heavy (non-hydrogen) atoms. The van der Waals surface area contributed by atoms with Crippen LogP contribution in [0.25, 0.3) is 0 Å². The summed E-state index contributed by atoms with van der Waals surface area (Å²) in [5.41, 5.74) is 0.729. The number of carbonyl (C=O) groups is 2. The van der Waals surface area contributed by atoms with Gasteiger partial charge in [0.25, 0.3) is 5.91 Å². The third-order valence-corrected chi connectivity index (χ3v) is 6.66. The first-order valence-corrected chi connectivity index (χ1v) is 11.1. The lowest BCUT2D eigenvalue weighted by molar-refractivity contribution is -0.137. The van der Waals surface area contributed by atoms with Crippen molar-refractivity contribution in [3.63, 3.8) is 0 Å². The summed E-state index contributed by atoms with van der Waals surface area (Å²) in [6.07, 6.45) is 0.340. The first-order valence-electron chi connectivity index (χ1n) is 8.94. The molecule has 3 rings (SSSR count). The lowest BCUT2D eigenvalue weighted by Gasteiger charge is -2.28. The fourth-order valence-electron chi connectivity index (χ4n) is 3.19. The molecule has 7 nitrogen and oxygen atoms in total. The van der Waals surface area contributed by atoms with Crippen LogP contribution < -0.4 is 0 Å². The van der Waals surface area contributed by atoms with Gasteiger partial charge >= 0.3 is 5.97 Å². The maximum Gasteiger partial charge on any atom is 0.342 e. The van der Waals surface area contributed by atoms with Gasteiger partial charge in [0.15, 0.2) is 16.4 Å². The van der Waals surface area contributed by atoms with Gasteiger partial charge in [-0.1, -0.05) is 41.9 Å². The lowest BCUT2D eigenvalue weighted by Crippen LogP contribution is -2.42. The number of benzene rings is 2. The number of esters is 1. The summed E-state index contributed by atoms with van der Waals surface area (Å²) in [6, 6.07) is 12.6. The molecule has 2 aromatic carbocycles. The first kappa shape index (κ1) is 21.1. The molecule has 1 atom stereocenters. The van der Waals surface area contributed by atoms with Gasteiger partial charge in [-0.15, -0.1) is 0 Å². The van der Waals surface area contributed by atoms with E-state index in [0.717, 1.165) is 5.56 Å². The summed E-state index contributed by atoms with van der Waals surface area (Å²) >= 11 is 5.74. The molecule has 0 aliphatic carbocycles. The van der Waals surface area contributed by atoms with E-state index in [2.05, 4.69) is 0 Å². The molecule has 1 fully saturated rings. The normalized spacial score (nSPS) is 17.6. The third-order valence-electron chi connectivity index (χ3n) is 4.67. The third kappa shape index (κ3) is 5.48. The quantitative estimate of drug-likeness (QED) is 0.696. The predicted molar refractivity (Wildman–Crippen MR) is 107 cm³/mol. The molecule has 0 spiro atoms. The van der Waals surface area contributed by atoms with Crippen LogP contribution in [0.2, 0.25) is 5.02 Å². The molecule has 2 aromatic rings. The van der Waals surface area contributed by atoms with Gasteiger partial charge in [-0.2, -0.15) is 0 Å². The number of ether oxygens (including phenoxy) is 1. The highest BCUT2D eigenvalue weighted by atomic mass is 35.5. The number of phenols is 1. The highest BCUT2D eigenvalue weighted by Gasteiger charge is 2.35. The Morgan fingerprint density at radius 1 is 1.17 bits per heavy atom. The van der Waals surface area contributed by atoms with Crippen LogP contribution in [0.3, 0.4) is 0 Å². The zero-order chi connectivity index (χ0) is 21.0. The van der Waals surface area contributed by atoms with Crippen LogP contribution in [-0.4, -0.2) is 54.5 Å².